The highest BCUT2D eigenvalue weighted by molar-refractivity contribution is 5.75. The van der Waals surface area contributed by atoms with Crippen LogP contribution in [0.1, 0.15) is 44.9 Å². The first-order valence-corrected chi connectivity index (χ1v) is 7.76. The lowest BCUT2D eigenvalue weighted by Gasteiger charge is -2.40. The molecular weight excluding hydrogens is 242 g/mol. The van der Waals surface area contributed by atoms with Crippen LogP contribution in [0.25, 0.3) is 0 Å². The Morgan fingerprint density at radius 3 is 2.68 bits per heavy atom. The maximum Gasteiger partial charge on any atom is 0.311 e. The van der Waals surface area contributed by atoms with Gasteiger partial charge in [-0.2, -0.15) is 0 Å². The van der Waals surface area contributed by atoms with Crippen LogP contribution >= 0.6 is 0 Å². The Labute approximate surface area is 115 Å². The number of carboxylic acid groups (broad SMARTS) is 1. The maximum absolute atomic E-state index is 11.7. The van der Waals surface area contributed by atoms with Crippen LogP contribution < -0.4 is 0 Å². The number of nitrogens with zero attached hydrogens (tertiary/aromatic N) is 1. The first kappa shape index (κ1) is 13.4. The number of aliphatic carboxylic acids is 1. The van der Waals surface area contributed by atoms with Crippen molar-refractivity contribution in [2.75, 3.05) is 26.3 Å². The number of hydrogen-bond acceptors (Lipinski definition) is 3. The summed E-state index contributed by atoms with van der Waals surface area (Å²) < 4.78 is 5.36. The van der Waals surface area contributed by atoms with Gasteiger partial charge < -0.3 is 9.84 Å². The van der Waals surface area contributed by atoms with Crippen molar-refractivity contribution in [3.63, 3.8) is 0 Å². The average molecular weight is 267 g/mol. The van der Waals surface area contributed by atoms with Gasteiger partial charge in [0.05, 0.1) is 5.41 Å². The van der Waals surface area contributed by atoms with E-state index < -0.39 is 11.4 Å². The molecule has 4 nitrogen and oxygen atoms in total. The van der Waals surface area contributed by atoms with E-state index in [-0.39, 0.29) is 0 Å². The highest BCUT2D eigenvalue weighted by Gasteiger charge is 2.45. The lowest BCUT2D eigenvalue weighted by Crippen LogP contribution is -2.49. The Bertz CT molecular complexity index is 338. The smallest absolute Gasteiger partial charge is 0.311 e. The summed E-state index contributed by atoms with van der Waals surface area (Å²) in [6.45, 7) is 3.06. The summed E-state index contributed by atoms with van der Waals surface area (Å²) in [5.41, 5.74) is -0.551. The van der Waals surface area contributed by atoms with E-state index >= 15 is 0 Å². The van der Waals surface area contributed by atoms with E-state index in [1.807, 2.05) is 0 Å². The minimum absolute atomic E-state index is 0.551. The molecule has 3 rings (SSSR count). The molecular formula is C15H25NO3. The lowest BCUT2D eigenvalue weighted by molar-refractivity contribution is -0.157. The van der Waals surface area contributed by atoms with Crippen molar-refractivity contribution in [1.82, 2.24) is 4.90 Å². The van der Waals surface area contributed by atoms with Gasteiger partial charge in [0.15, 0.2) is 0 Å². The van der Waals surface area contributed by atoms with Crippen LogP contribution in [0.3, 0.4) is 0 Å². The van der Waals surface area contributed by atoms with Crippen LogP contribution in [0, 0.1) is 11.3 Å². The Morgan fingerprint density at radius 1 is 1.21 bits per heavy atom. The van der Waals surface area contributed by atoms with Crippen LogP contribution in [-0.4, -0.2) is 48.3 Å². The van der Waals surface area contributed by atoms with Crippen molar-refractivity contribution in [2.24, 2.45) is 11.3 Å². The molecule has 2 heterocycles. The molecule has 0 spiro atoms. The lowest BCUT2D eigenvalue weighted by atomic mass is 9.78. The quantitative estimate of drug-likeness (QED) is 0.851. The Morgan fingerprint density at radius 2 is 1.95 bits per heavy atom. The van der Waals surface area contributed by atoms with Gasteiger partial charge in [-0.25, -0.2) is 0 Å². The monoisotopic (exact) mass is 267 g/mol. The Kier molecular flexibility index (Phi) is 3.81. The molecule has 1 aliphatic carbocycles. The molecule has 108 valence electrons. The van der Waals surface area contributed by atoms with Crippen molar-refractivity contribution in [3.05, 3.63) is 0 Å². The van der Waals surface area contributed by atoms with E-state index in [0.29, 0.717) is 32.1 Å². The summed E-state index contributed by atoms with van der Waals surface area (Å²) in [5.74, 6) is 0.217. The van der Waals surface area contributed by atoms with Gasteiger partial charge in [-0.1, -0.05) is 12.8 Å². The van der Waals surface area contributed by atoms with E-state index in [0.717, 1.165) is 19.0 Å². The fourth-order valence-corrected chi connectivity index (χ4v) is 4.29. The topological polar surface area (TPSA) is 49.8 Å². The molecule has 2 saturated heterocycles. The van der Waals surface area contributed by atoms with E-state index in [9.17, 15) is 9.90 Å². The second-order valence-corrected chi connectivity index (χ2v) is 6.57. The number of ether oxygens (including phenoxy) is 1. The molecule has 3 fully saturated rings. The summed E-state index contributed by atoms with van der Waals surface area (Å²) in [5, 5.41) is 9.66. The standard InChI is InChI=1S/C15H25NO3/c17-14(18)15(6-9-19-10-7-15)11-16-8-5-12-3-1-2-4-13(12)16/h12-13H,1-11H2,(H,17,18). The number of carboxylic acids is 1. The minimum Gasteiger partial charge on any atom is -0.481 e. The number of hydrogen-bond donors (Lipinski definition) is 1. The third-order valence-corrected chi connectivity index (χ3v) is 5.53. The predicted molar refractivity (Wildman–Crippen MR) is 72.1 cm³/mol. The van der Waals surface area contributed by atoms with Crippen LogP contribution in [-0.2, 0) is 9.53 Å². The van der Waals surface area contributed by atoms with Gasteiger partial charge in [0.2, 0.25) is 0 Å². The molecule has 0 aromatic heterocycles. The Hall–Kier alpha value is -0.610. The van der Waals surface area contributed by atoms with Gasteiger partial charge in [-0.05, 0) is 44.6 Å². The van der Waals surface area contributed by atoms with Crippen molar-refractivity contribution in [3.8, 4) is 0 Å². The first-order valence-electron chi connectivity index (χ1n) is 7.76. The third kappa shape index (κ3) is 2.52. The summed E-state index contributed by atoms with van der Waals surface area (Å²) >= 11 is 0. The molecule has 0 aromatic carbocycles. The molecule has 1 saturated carbocycles. The predicted octanol–water partition coefficient (Wildman–Crippen LogP) is 2.13. The van der Waals surface area contributed by atoms with Gasteiger partial charge in [0, 0.05) is 25.8 Å². The molecule has 1 N–H and O–H groups in total. The van der Waals surface area contributed by atoms with E-state index in [2.05, 4.69) is 4.90 Å². The first-order chi connectivity index (χ1) is 9.21. The third-order valence-electron chi connectivity index (χ3n) is 5.53. The number of fused-ring (bicyclic) bond motifs is 1. The Balaban J connectivity index is 1.70. The number of rotatable bonds is 3. The largest absolute Gasteiger partial charge is 0.481 e. The summed E-state index contributed by atoms with van der Waals surface area (Å²) in [6.07, 6.45) is 7.94. The van der Waals surface area contributed by atoms with Crippen LogP contribution in [0.4, 0.5) is 0 Å². The fourth-order valence-electron chi connectivity index (χ4n) is 4.29. The van der Waals surface area contributed by atoms with Gasteiger partial charge in [0.25, 0.3) is 0 Å². The normalized spacial score (nSPS) is 34.9. The maximum atomic E-state index is 11.7. The van der Waals surface area contributed by atoms with Gasteiger partial charge in [0.1, 0.15) is 0 Å². The van der Waals surface area contributed by atoms with E-state index in [1.54, 1.807) is 0 Å². The second kappa shape index (κ2) is 5.41. The van der Waals surface area contributed by atoms with Crippen molar-refractivity contribution in [2.45, 2.75) is 51.0 Å². The highest BCUT2D eigenvalue weighted by atomic mass is 16.5. The average Bonchev–Trinajstić information content (AvgIpc) is 2.83. The van der Waals surface area contributed by atoms with E-state index in [1.165, 1.54) is 32.1 Å². The molecule has 4 heteroatoms. The van der Waals surface area contributed by atoms with Crippen LogP contribution in [0.15, 0.2) is 0 Å². The number of likely N-dealkylation sites (tertiary alicyclic amines) is 1. The van der Waals surface area contributed by atoms with Gasteiger partial charge in [-0.3, -0.25) is 9.69 Å². The zero-order valence-corrected chi connectivity index (χ0v) is 11.6. The van der Waals surface area contributed by atoms with Crippen molar-refractivity contribution in [1.29, 1.82) is 0 Å². The molecule has 19 heavy (non-hydrogen) atoms. The van der Waals surface area contributed by atoms with Crippen LogP contribution in [0.5, 0.6) is 0 Å². The zero-order valence-electron chi connectivity index (χ0n) is 11.6. The second-order valence-electron chi connectivity index (χ2n) is 6.57. The zero-order chi connectivity index (χ0) is 13.3. The highest BCUT2D eigenvalue weighted by Crippen LogP contribution is 2.40. The van der Waals surface area contributed by atoms with Crippen molar-refractivity contribution < 1.29 is 14.6 Å². The number of carbonyl (C=O) groups is 1. The minimum atomic E-state index is -0.616. The van der Waals surface area contributed by atoms with Crippen molar-refractivity contribution >= 4 is 5.97 Å². The molecule has 2 atom stereocenters. The molecule has 0 radical (unpaired) electrons. The SMILES string of the molecule is O=C(O)C1(CN2CCC3CCCCC32)CCOCC1. The molecule has 2 aliphatic heterocycles. The molecule has 0 aromatic rings. The van der Waals surface area contributed by atoms with E-state index in [4.69, 9.17) is 4.74 Å². The van der Waals surface area contributed by atoms with Crippen LogP contribution in [0.2, 0.25) is 0 Å². The molecule has 2 unspecified atom stereocenters. The molecule has 0 bridgehead atoms. The molecule has 0 amide bonds. The summed E-state index contributed by atoms with van der Waals surface area (Å²) in [4.78, 5) is 14.2. The van der Waals surface area contributed by atoms with Gasteiger partial charge >= 0.3 is 5.97 Å². The summed E-state index contributed by atoms with van der Waals surface area (Å²) in [7, 11) is 0. The summed E-state index contributed by atoms with van der Waals surface area (Å²) in [6, 6.07) is 0.660. The van der Waals surface area contributed by atoms with Gasteiger partial charge in [-0.15, -0.1) is 0 Å². The fraction of sp³-hybridized carbons (Fsp3) is 0.933. The molecule has 3 aliphatic rings.